The van der Waals surface area contributed by atoms with Crippen molar-refractivity contribution < 1.29 is 0 Å². The number of nitrogen functional groups attached to an aromatic ring is 1. The molecular weight excluding hydrogens is 1030 g/mol. The van der Waals surface area contributed by atoms with Gasteiger partial charge in [-0.25, -0.2) is 0 Å². The summed E-state index contributed by atoms with van der Waals surface area (Å²) in [5.41, 5.74) is 32.0. The van der Waals surface area contributed by atoms with Crippen LogP contribution in [-0.4, -0.2) is 0 Å². The van der Waals surface area contributed by atoms with Crippen molar-refractivity contribution in [3.05, 3.63) is 361 Å². The zero-order valence-electron chi connectivity index (χ0n) is 55.0. The van der Waals surface area contributed by atoms with E-state index in [9.17, 15) is 0 Å². The highest BCUT2D eigenvalue weighted by Crippen LogP contribution is 2.25. The molecule has 0 fully saturated rings. The van der Waals surface area contributed by atoms with Crippen LogP contribution in [0, 0.1) is 118 Å². The number of anilines is 1. The minimum absolute atomic E-state index is 0.858. The molecule has 0 heterocycles. The summed E-state index contributed by atoms with van der Waals surface area (Å²) in [5, 5.41) is 5.08. The van der Waals surface area contributed by atoms with Gasteiger partial charge in [0.05, 0.1) is 0 Å². The van der Waals surface area contributed by atoms with Crippen molar-refractivity contribution in [2.24, 2.45) is 0 Å². The number of hydrogen-bond donors (Lipinski definition) is 1. The van der Waals surface area contributed by atoms with E-state index >= 15 is 0 Å². The number of hydrogen-bond acceptors (Lipinski definition) is 1. The first-order valence-corrected chi connectivity index (χ1v) is 30.1. The van der Waals surface area contributed by atoms with E-state index in [0.717, 1.165) is 11.1 Å². The van der Waals surface area contributed by atoms with E-state index in [1.165, 1.54) is 122 Å². The second-order valence-electron chi connectivity index (χ2n) is 22.8. The van der Waals surface area contributed by atoms with E-state index in [1.807, 2.05) is 36.4 Å². The first-order chi connectivity index (χ1) is 41.1. The van der Waals surface area contributed by atoms with Gasteiger partial charge in [-0.15, -0.1) is 0 Å². The first-order valence-electron chi connectivity index (χ1n) is 30.1. The van der Waals surface area contributed by atoms with Crippen LogP contribution in [0.1, 0.15) is 94.6 Å². The molecule has 12 aromatic rings. The number of nitrogens with two attached hydrogens (primary N) is 1. The van der Waals surface area contributed by atoms with Gasteiger partial charge >= 0.3 is 0 Å². The molecule has 2 N–H and O–H groups in total. The van der Waals surface area contributed by atoms with Crippen LogP contribution < -0.4 is 5.73 Å². The zero-order chi connectivity index (χ0) is 63.0. The van der Waals surface area contributed by atoms with Crippen LogP contribution in [0.5, 0.6) is 0 Å². The molecule has 0 saturated carbocycles. The van der Waals surface area contributed by atoms with E-state index in [4.69, 9.17) is 5.73 Å². The molecule has 12 aromatic carbocycles. The van der Waals surface area contributed by atoms with Crippen LogP contribution in [0.25, 0.3) is 32.7 Å². The van der Waals surface area contributed by atoms with Gasteiger partial charge in [0, 0.05) is 11.1 Å². The number of fused-ring (bicyclic) bond motifs is 2. The maximum atomic E-state index is 5.83. The van der Waals surface area contributed by atoms with Gasteiger partial charge in [0.15, 0.2) is 0 Å². The maximum absolute atomic E-state index is 5.83. The average Bonchev–Trinajstić information content (AvgIpc) is 3.42. The second-order valence-corrected chi connectivity index (χ2v) is 22.8. The molecule has 0 aliphatic heterocycles. The molecule has 1 heteroatoms. The molecule has 86 heavy (non-hydrogen) atoms. The quantitative estimate of drug-likeness (QED) is 0.163. The fourth-order valence-electron chi connectivity index (χ4n) is 8.44. The molecular formula is C85H97N. The number of aryl methyl sites for hydroxylation is 17. The summed E-state index contributed by atoms with van der Waals surface area (Å²) in [6.45, 7) is 35.9. The monoisotopic (exact) mass is 1130 g/mol. The standard InChI is InChI=1S/C16H18.C11H11N.C11H10.5C8H10.C7H8/c1-11-5-7-15(9-13(11)3)16-8-6-12(2)14(4)10-16;1-8-4-2-6-10-9(8)5-3-7-11(10)12;1-9-5-4-7-10-6-2-3-8-11(9)10;5*1-7-3-5-8(2)6-4-7;1-7-5-3-2-4-6-7/h5-10H,1-4H3;2-7H,12H2,1H3;2-8H,1H3;5*3-6H,1-2H3;2-6H,1H3. The highest BCUT2D eigenvalue weighted by atomic mass is 14.5. The zero-order valence-corrected chi connectivity index (χ0v) is 55.0. The highest BCUT2D eigenvalue weighted by molar-refractivity contribution is 5.94. The van der Waals surface area contributed by atoms with Crippen molar-refractivity contribution in [1.82, 2.24) is 0 Å². The van der Waals surface area contributed by atoms with Crippen LogP contribution >= 0.6 is 0 Å². The molecule has 0 aliphatic carbocycles. The van der Waals surface area contributed by atoms with E-state index < -0.39 is 0 Å². The van der Waals surface area contributed by atoms with Crippen molar-refractivity contribution in [3.8, 4) is 11.1 Å². The minimum atomic E-state index is 0.858. The summed E-state index contributed by atoms with van der Waals surface area (Å²) in [6.07, 6.45) is 0. The van der Waals surface area contributed by atoms with Crippen molar-refractivity contribution in [1.29, 1.82) is 0 Å². The third-order valence-corrected chi connectivity index (χ3v) is 14.6. The van der Waals surface area contributed by atoms with Crippen molar-refractivity contribution in [2.75, 3.05) is 5.73 Å². The molecule has 0 spiro atoms. The van der Waals surface area contributed by atoms with Gasteiger partial charge < -0.3 is 5.73 Å². The Morgan fingerprint density at radius 1 is 0.174 bits per heavy atom. The Bertz CT molecular complexity index is 3380. The van der Waals surface area contributed by atoms with Gasteiger partial charge in [-0.3, -0.25) is 0 Å². The Morgan fingerprint density at radius 3 is 0.733 bits per heavy atom. The molecule has 0 saturated heterocycles. The predicted octanol–water partition coefficient (Wildman–Crippen LogP) is 24.0. The third-order valence-electron chi connectivity index (χ3n) is 14.6. The van der Waals surface area contributed by atoms with Crippen LogP contribution in [-0.2, 0) is 0 Å². The average molecular weight is 1130 g/mol. The molecule has 0 amide bonds. The van der Waals surface area contributed by atoms with Gasteiger partial charge in [0.2, 0.25) is 0 Å². The molecule has 0 aromatic heterocycles. The Labute approximate surface area is 520 Å². The molecule has 0 unspecified atom stereocenters. The van der Waals surface area contributed by atoms with Crippen LogP contribution in [0.4, 0.5) is 5.69 Å². The molecule has 442 valence electrons. The maximum Gasteiger partial charge on any atom is 0.0393 e. The topological polar surface area (TPSA) is 26.0 Å². The lowest BCUT2D eigenvalue weighted by Crippen LogP contribution is -1.86. The minimum Gasteiger partial charge on any atom is -0.398 e. The number of benzene rings is 12. The van der Waals surface area contributed by atoms with E-state index in [-0.39, 0.29) is 0 Å². The third kappa shape index (κ3) is 26.7. The van der Waals surface area contributed by atoms with Gasteiger partial charge in [-0.05, 0) is 184 Å². The molecule has 12 rings (SSSR count). The Morgan fingerprint density at radius 2 is 0.430 bits per heavy atom. The lowest BCUT2D eigenvalue weighted by atomic mass is 9.98. The first kappa shape index (κ1) is 69.5. The molecule has 0 bridgehead atoms. The molecule has 1 nitrogen and oxygen atoms in total. The summed E-state index contributed by atoms with van der Waals surface area (Å²) in [5.74, 6) is 0. The van der Waals surface area contributed by atoms with E-state index in [1.54, 1.807) is 0 Å². The largest absolute Gasteiger partial charge is 0.398 e. The lowest BCUT2D eigenvalue weighted by Gasteiger charge is -2.08. The molecule has 0 radical (unpaired) electrons. The normalized spacial score (nSPS) is 9.73. The van der Waals surface area contributed by atoms with Crippen LogP contribution in [0.3, 0.4) is 0 Å². The Hall–Kier alpha value is -9.04. The Kier molecular flexibility index (Phi) is 30.1. The SMILES string of the molecule is Cc1ccc(-c2ccc(C)c(C)c2)cc1C.Cc1ccc(C)cc1.Cc1ccc(C)cc1.Cc1ccc(C)cc1.Cc1ccc(C)cc1.Cc1ccc(C)cc1.Cc1cccc2c(N)cccc12.Cc1cccc2ccccc12.Cc1ccccc1. The van der Waals surface area contributed by atoms with Crippen molar-refractivity contribution >= 4 is 27.2 Å². The fraction of sp³-hybridized carbons (Fsp3) is 0.200. The highest BCUT2D eigenvalue weighted by Gasteiger charge is 2.02. The van der Waals surface area contributed by atoms with E-state index in [2.05, 4.69) is 348 Å². The predicted molar refractivity (Wildman–Crippen MR) is 383 cm³/mol. The summed E-state index contributed by atoms with van der Waals surface area (Å²) in [6, 6.07) is 93.0. The summed E-state index contributed by atoms with van der Waals surface area (Å²) in [4.78, 5) is 0. The van der Waals surface area contributed by atoms with Gasteiger partial charge in [0.25, 0.3) is 0 Å². The fourth-order valence-corrected chi connectivity index (χ4v) is 8.44. The molecule has 0 aliphatic rings. The van der Waals surface area contributed by atoms with E-state index in [0.29, 0.717) is 0 Å². The summed E-state index contributed by atoms with van der Waals surface area (Å²) >= 11 is 0. The molecule has 0 atom stereocenters. The van der Waals surface area contributed by atoms with Crippen LogP contribution in [0.15, 0.2) is 267 Å². The number of rotatable bonds is 1. The van der Waals surface area contributed by atoms with Gasteiger partial charge in [-0.2, -0.15) is 0 Å². The Balaban J connectivity index is 0.000000210. The summed E-state index contributed by atoms with van der Waals surface area (Å²) < 4.78 is 0. The second kappa shape index (κ2) is 37.3. The lowest BCUT2D eigenvalue weighted by molar-refractivity contribution is 1.32. The summed E-state index contributed by atoms with van der Waals surface area (Å²) in [7, 11) is 0. The van der Waals surface area contributed by atoms with Gasteiger partial charge in [0.1, 0.15) is 0 Å². The smallest absolute Gasteiger partial charge is 0.0393 e. The van der Waals surface area contributed by atoms with Crippen molar-refractivity contribution in [2.45, 2.75) is 118 Å². The van der Waals surface area contributed by atoms with Crippen molar-refractivity contribution in [3.63, 3.8) is 0 Å². The van der Waals surface area contributed by atoms with Gasteiger partial charge in [-0.1, -0.05) is 322 Å². The van der Waals surface area contributed by atoms with Crippen LogP contribution in [0.2, 0.25) is 0 Å².